The number of rotatable bonds is 14. The number of unbranched alkanes of at least 4 members (excludes halogenated alkanes) is 3. The molecule has 3 aromatic carbocycles. The van der Waals surface area contributed by atoms with Gasteiger partial charge in [0.2, 0.25) is 0 Å². The van der Waals surface area contributed by atoms with Crippen molar-refractivity contribution in [3.8, 4) is 17.2 Å². The van der Waals surface area contributed by atoms with E-state index < -0.39 is 17.7 Å². The number of carbonyl (C=O) groups is 2. The molecule has 0 radical (unpaired) electrons. The number of anilines is 2. The molecule has 1 heterocycles. The number of carbonyl (C=O) groups excluding carboxylic acids is 2. The first kappa shape index (κ1) is 33.7. The summed E-state index contributed by atoms with van der Waals surface area (Å²) < 4.78 is 41.1. The molecule has 1 fully saturated rings. The molecule has 1 aliphatic heterocycles. The maximum absolute atomic E-state index is 14.7. The predicted molar refractivity (Wildman–Crippen MR) is 174 cm³/mol. The maximum atomic E-state index is 14.7. The number of nitrogens with one attached hydrogen (secondary N) is 3. The third kappa shape index (κ3) is 10.2. The lowest BCUT2D eigenvalue weighted by atomic mass is 10.1. The number of aryl methyl sites for hydroxylation is 1. The lowest BCUT2D eigenvalue weighted by Gasteiger charge is -2.32. The standard InChI is InChI=1S/C35H44F2N4O4/c1-4-6-8-17-38-35(43)40-31-22-30(37)33(23-29(31)36)45-27-12-10-26(11-13-27)39-34(42)25-9-14-32(24(3)21-25)44-28-15-19-41(20-16-28)18-7-5-2/h9-14,21-23,28H,4-8,15-20H2,1-3H3,(H,39,42)(H2,38,40,43). The zero-order valence-corrected chi connectivity index (χ0v) is 26.4. The van der Waals surface area contributed by atoms with E-state index in [0.29, 0.717) is 17.8 Å². The van der Waals surface area contributed by atoms with Crippen molar-refractivity contribution in [2.24, 2.45) is 0 Å². The number of piperidine rings is 1. The summed E-state index contributed by atoms with van der Waals surface area (Å²) in [5.41, 5.74) is 1.61. The molecule has 1 aliphatic rings. The van der Waals surface area contributed by atoms with Crippen LogP contribution in [0, 0.1) is 18.6 Å². The SMILES string of the molecule is CCCCCNC(=O)Nc1cc(F)c(Oc2ccc(NC(=O)c3ccc(OC4CCN(CCCC)CC4)c(C)c3)cc2)cc1F. The van der Waals surface area contributed by atoms with Crippen LogP contribution in [0.15, 0.2) is 54.6 Å². The van der Waals surface area contributed by atoms with E-state index >= 15 is 0 Å². The molecule has 4 rings (SSSR count). The van der Waals surface area contributed by atoms with E-state index in [4.69, 9.17) is 9.47 Å². The lowest BCUT2D eigenvalue weighted by Crippen LogP contribution is -2.38. The molecule has 0 bridgehead atoms. The Labute approximate surface area is 264 Å². The zero-order chi connectivity index (χ0) is 32.2. The summed E-state index contributed by atoms with van der Waals surface area (Å²) in [5.74, 6) is -1.26. The van der Waals surface area contributed by atoms with E-state index in [-0.39, 0.29) is 29.2 Å². The minimum Gasteiger partial charge on any atom is -0.490 e. The Bertz CT molecular complexity index is 1430. The van der Waals surface area contributed by atoms with E-state index in [9.17, 15) is 18.4 Å². The monoisotopic (exact) mass is 622 g/mol. The molecular formula is C35H44F2N4O4. The van der Waals surface area contributed by atoms with Gasteiger partial charge < -0.3 is 30.3 Å². The van der Waals surface area contributed by atoms with Gasteiger partial charge in [0.25, 0.3) is 5.91 Å². The molecule has 3 N–H and O–H groups in total. The first-order valence-corrected chi connectivity index (χ1v) is 15.9. The molecule has 10 heteroatoms. The van der Waals surface area contributed by atoms with Crippen LogP contribution in [0.1, 0.15) is 74.7 Å². The van der Waals surface area contributed by atoms with Gasteiger partial charge in [0.15, 0.2) is 17.4 Å². The molecule has 0 unspecified atom stereocenters. The molecule has 0 atom stereocenters. The van der Waals surface area contributed by atoms with Crippen LogP contribution >= 0.6 is 0 Å². The third-order valence-electron chi connectivity index (χ3n) is 7.77. The minimum atomic E-state index is -0.838. The number of urea groups is 1. The maximum Gasteiger partial charge on any atom is 0.319 e. The van der Waals surface area contributed by atoms with Crippen LogP contribution in [0.4, 0.5) is 25.0 Å². The largest absolute Gasteiger partial charge is 0.490 e. The van der Waals surface area contributed by atoms with E-state index in [2.05, 4.69) is 27.8 Å². The first-order valence-electron chi connectivity index (χ1n) is 15.9. The summed E-state index contributed by atoms with van der Waals surface area (Å²) >= 11 is 0. The number of amides is 3. The molecule has 45 heavy (non-hydrogen) atoms. The average Bonchev–Trinajstić information content (AvgIpc) is 3.03. The van der Waals surface area contributed by atoms with Gasteiger partial charge in [0, 0.05) is 43.0 Å². The summed E-state index contributed by atoms with van der Waals surface area (Å²) in [5, 5.41) is 7.78. The summed E-state index contributed by atoms with van der Waals surface area (Å²) in [6.07, 6.45) is 7.36. The molecular weight excluding hydrogens is 578 g/mol. The average molecular weight is 623 g/mol. The fourth-order valence-electron chi connectivity index (χ4n) is 5.12. The molecule has 0 saturated carbocycles. The van der Waals surface area contributed by atoms with Gasteiger partial charge in [-0.15, -0.1) is 0 Å². The van der Waals surface area contributed by atoms with Crippen molar-refractivity contribution in [2.45, 2.75) is 71.8 Å². The Hall–Kier alpha value is -4.18. The van der Waals surface area contributed by atoms with Gasteiger partial charge in [0.05, 0.1) is 5.69 Å². The van der Waals surface area contributed by atoms with Crippen molar-refractivity contribution in [1.82, 2.24) is 10.2 Å². The van der Waals surface area contributed by atoms with Gasteiger partial charge in [-0.25, -0.2) is 13.6 Å². The van der Waals surface area contributed by atoms with Crippen molar-refractivity contribution < 1.29 is 27.8 Å². The van der Waals surface area contributed by atoms with Gasteiger partial charge in [0.1, 0.15) is 17.6 Å². The lowest BCUT2D eigenvalue weighted by molar-refractivity contribution is 0.0991. The molecule has 0 aromatic heterocycles. The van der Waals surface area contributed by atoms with Crippen LogP contribution in [-0.4, -0.2) is 49.1 Å². The Kier molecular flexibility index (Phi) is 12.6. The Balaban J connectivity index is 1.28. The quantitative estimate of drug-likeness (QED) is 0.157. The number of likely N-dealkylation sites (tertiary alicyclic amines) is 1. The van der Waals surface area contributed by atoms with E-state index in [1.54, 1.807) is 30.3 Å². The number of hydrogen-bond acceptors (Lipinski definition) is 5. The van der Waals surface area contributed by atoms with Crippen molar-refractivity contribution in [3.05, 3.63) is 77.4 Å². The van der Waals surface area contributed by atoms with E-state index in [0.717, 1.165) is 75.2 Å². The highest BCUT2D eigenvalue weighted by molar-refractivity contribution is 6.04. The number of benzene rings is 3. The van der Waals surface area contributed by atoms with E-state index in [1.807, 2.05) is 26.0 Å². The highest BCUT2D eigenvalue weighted by Gasteiger charge is 2.21. The molecule has 0 spiro atoms. The van der Waals surface area contributed by atoms with Crippen LogP contribution in [0.25, 0.3) is 0 Å². The van der Waals surface area contributed by atoms with Crippen molar-refractivity contribution in [3.63, 3.8) is 0 Å². The molecule has 3 aromatic rings. The fraction of sp³-hybridized carbons (Fsp3) is 0.429. The minimum absolute atomic E-state index is 0.174. The van der Waals surface area contributed by atoms with Gasteiger partial charge >= 0.3 is 6.03 Å². The van der Waals surface area contributed by atoms with Crippen molar-refractivity contribution in [2.75, 3.05) is 36.8 Å². The Morgan fingerprint density at radius 3 is 2.29 bits per heavy atom. The number of hydrogen-bond donors (Lipinski definition) is 3. The predicted octanol–water partition coefficient (Wildman–Crippen LogP) is 8.27. The molecule has 8 nitrogen and oxygen atoms in total. The molecule has 1 saturated heterocycles. The number of nitrogens with zero attached hydrogens (tertiary/aromatic N) is 1. The van der Waals surface area contributed by atoms with Crippen LogP contribution in [0.5, 0.6) is 17.2 Å². The molecule has 0 aliphatic carbocycles. The number of halogens is 2. The Morgan fingerprint density at radius 1 is 0.867 bits per heavy atom. The van der Waals surface area contributed by atoms with Gasteiger partial charge in [-0.2, -0.15) is 0 Å². The second-order valence-corrected chi connectivity index (χ2v) is 11.4. The van der Waals surface area contributed by atoms with Crippen LogP contribution in [0.2, 0.25) is 0 Å². The number of ether oxygens (including phenoxy) is 2. The normalized spacial score (nSPS) is 13.7. The summed E-state index contributed by atoms with van der Waals surface area (Å²) in [6, 6.07) is 12.8. The smallest absolute Gasteiger partial charge is 0.319 e. The second-order valence-electron chi connectivity index (χ2n) is 11.4. The highest BCUT2D eigenvalue weighted by Crippen LogP contribution is 2.30. The van der Waals surface area contributed by atoms with Crippen LogP contribution in [-0.2, 0) is 0 Å². The summed E-state index contributed by atoms with van der Waals surface area (Å²) in [4.78, 5) is 27.4. The highest BCUT2D eigenvalue weighted by atomic mass is 19.1. The second kappa shape index (κ2) is 16.8. The van der Waals surface area contributed by atoms with Gasteiger partial charge in [-0.1, -0.05) is 33.1 Å². The van der Waals surface area contributed by atoms with Crippen molar-refractivity contribution in [1.29, 1.82) is 0 Å². The van der Waals surface area contributed by atoms with Gasteiger partial charge in [-0.3, -0.25) is 4.79 Å². The topological polar surface area (TPSA) is 91.9 Å². The van der Waals surface area contributed by atoms with Gasteiger partial charge in [-0.05, 0) is 87.2 Å². The fourth-order valence-corrected chi connectivity index (χ4v) is 5.12. The molecule has 242 valence electrons. The van der Waals surface area contributed by atoms with E-state index in [1.165, 1.54) is 12.8 Å². The first-order chi connectivity index (χ1) is 21.7. The Morgan fingerprint density at radius 2 is 1.60 bits per heavy atom. The summed E-state index contributed by atoms with van der Waals surface area (Å²) in [6.45, 7) is 9.87. The molecule has 3 amide bonds. The third-order valence-corrected chi connectivity index (χ3v) is 7.77. The zero-order valence-electron chi connectivity index (χ0n) is 26.4. The van der Waals surface area contributed by atoms with Crippen molar-refractivity contribution >= 4 is 23.3 Å². The van der Waals surface area contributed by atoms with Crippen LogP contribution < -0.4 is 25.4 Å². The summed E-state index contributed by atoms with van der Waals surface area (Å²) in [7, 11) is 0. The van der Waals surface area contributed by atoms with Crippen LogP contribution in [0.3, 0.4) is 0 Å².